The maximum atomic E-state index is 4.26. The molecule has 1 N–H and O–H groups in total. The molecule has 3 nitrogen and oxygen atoms in total. The molecule has 1 fully saturated rings. The van der Waals surface area contributed by atoms with E-state index in [9.17, 15) is 0 Å². The van der Waals surface area contributed by atoms with Gasteiger partial charge in [0.1, 0.15) is 0 Å². The van der Waals surface area contributed by atoms with Crippen LogP contribution in [0.15, 0.2) is 22.9 Å². The number of halogens is 1. The zero-order valence-corrected chi connectivity index (χ0v) is 13.5. The van der Waals surface area contributed by atoms with Gasteiger partial charge in [0, 0.05) is 42.5 Å². The third-order valence-corrected chi connectivity index (χ3v) is 3.87. The van der Waals surface area contributed by atoms with E-state index in [4.69, 9.17) is 0 Å². The van der Waals surface area contributed by atoms with Gasteiger partial charge in [-0.1, -0.05) is 13.8 Å². The van der Waals surface area contributed by atoms with Crippen molar-refractivity contribution in [3.63, 3.8) is 0 Å². The van der Waals surface area contributed by atoms with Crippen LogP contribution in [0.1, 0.15) is 32.3 Å². The molecule has 1 aromatic rings. The van der Waals surface area contributed by atoms with E-state index < -0.39 is 0 Å². The standard InChI is InChI=1S/C15H24BrN3/c1-12(2)9-19(11-15-4-3-5-18-15)10-13-6-14(16)8-17-7-13/h6-8,12,15,18H,3-5,9-11H2,1-2H3. The normalized spacial score (nSPS) is 19.5. The summed E-state index contributed by atoms with van der Waals surface area (Å²) in [6, 6.07) is 2.83. The second-order valence-corrected chi connectivity index (χ2v) is 6.81. The lowest BCUT2D eigenvalue weighted by Gasteiger charge is -2.27. The number of rotatable bonds is 6. The topological polar surface area (TPSA) is 28.2 Å². The van der Waals surface area contributed by atoms with Crippen LogP contribution >= 0.6 is 15.9 Å². The van der Waals surface area contributed by atoms with Crippen LogP contribution in [0.2, 0.25) is 0 Å². The van der Waals surface area contributed by atoms with Crippen LogP contribution in [0.25, 0.3) is 0 Å². The van der Waals surface area contributed by atoms with E-state index in [1.165, 1.54) is 24.9 Å². The van der Waals surface area contributed by atoms with Crippen molar-refractivity contribution in [1.29, 1.82) is 0 Å². The summed E-state index contributed by atoms with van der Waals surface area (Å²) in [4.78, 5) is 6.81. The lowest BCUT2D eigenvalue weighted by atomic mass is 10.1. The number of nitrogens with zero attached hydrogens (tertiary/aromatic N) is 2. The van der Waals surface area contributed by atoms with Crippen molar-refractivity contribution in [3.8, 4) is 0 Å². The van der Waals surface area contributed by atoms with Gasteiger partial charge in [0.05, 0.1) is 0 Å². The highest BCUT2D eigenvalue weighted by Crippen LogP contribution is 2.14. The van der Waals surface area contributed by atoms with Gasteiger partial charge < -0.3 is 5.32 Å². The van der Waals surface area contributed by atoms with Gasteiger partial charge in [-0.25, -0.2) is 0 Å². The van der Waals surface area contributed by atoms with E-state index in [0.717, 1.165) is 24.1 Å². The first-order valence-corrected chi connectivity index (χ1v) is 7.98. The van der Waals surface area contributed by atoms with Crippen LogP contribution in [0.5, 0.6) is 0 Å². The molecular weight excluding hydrogens is 302 g/mol. The summed E-state index contributed by atoms with van der Waals surface area (Å²) in [5.74, 6) is 0.696. The summed E-state index contributed by atoms with van der Waals surface area (Å²) in [6.45, 7) is 9.03. The van der Waals surface area contributed by atoms with Crippen molar-refractivity contribution in [2.24, 2.45) is 5.92 Å². The predicted octanol–water partition coefficient (Wildman–Crippen LogP) is 3.05. The third-order valence-electron chi connectivity index (χ3n) is 3.43. The van der Waals surface area contributed by atoms with Crippen molar-refractivity contribution >= 4 is 15.9 Å². The van der Waals surface area contributed by atoms with Gasteiger partial charge in [-0.2, -0.15) is 0 Å². The Labute approximate surface area is 124 Å². The van der Waals surface area contributed by atoms with Crippen molar-refractivity contribution < 1.29 is 0 Å². The lowest BCUT2D eigenvalue weighted by molar-refractivity contribution is 0.216. The minimum absolute atomic E-state index is 0.666. The molecule has 106 valence electrons. The van der Waals surface area contributed by atoms with Crippen molar-refractivity contribution in [1.82, 2.24) is 15.2 Å². The van der Waals surface area contributed by atoms with E-state index in [2.05, 4.69) is 51.0 Å². The number of pyridine rings is 1. The highest BCUT2D eigenvalue weighted by Gasteiger charge is 2.18. The molecule has 0 amide bonds. The van der Waals surface area contributed by atoms with Gasteiger partial charge in [0.2, 0.25) is 0 Å². The molecule has 2 rings (SSSR count). The fraction of sp³-hybridized carbons (Fsp3) is 0.667. The Morgan fingerprint density at radius 3 is 2.95 bits per heavy atom. The molecular formula is C15H24BrN3. The first-order chi connectivity index (χ1) is 9.13. The quantitative estimate of drug-likeness (QED) is 0.871. The maximum absolute atomic E-state index is 4.26. The largest absolute Gasteiger partial charge is 0.313 e. The lowest BCUT2D eigenvalue weighted by Crippen LogP contribution is -2.39. The number of hydrogen-bond acceptors (Lipinski definition) is 3. The molecule has 0 aliphatic carbocycles. The SMILES string of the molecule is CC(C)CN(Cc1cncc(Br)c1)CC1CCCN1. The van der Waals surface area contributed by atoms with Crippen LogP contribution in [-0.2, 0) is 6.54 Å². The van der Waals surface area contributed by atoms with Crippen molar-refractivity contribution in [3.05, 3.63) is 28.5 Å². The summed E-state index contributed by atoms with van der Waals surface area (Å²) in [5.41, 5.74) is 1.29. The highest BCUT2D eigenvalue weighted by atomic mass is 79.9. The zero-order chi connectivity index (χ0) is 13.7. The van der Waals surface area contributed by atoms with Gasteiger partial charge >= 0.3 is 0 Å². The van der Waals surface area contributed by atoms with E-state index in [1.54, 1.807) is 0 Å². The fourth-order valence-electron chi connectivity index (χ4n) is 2.74. The zero-order valence-electron chi connectivity index (χ0n) is 11.9. The molecule has 0 bridgehead atoms. The second-order valence-electron chi connectivity index (χ2n) is 5.89. The summed E-state index contributed by atoms with van der Waals surface area (Å²) in [7, 11) is 0. The molecule has 1 saturated heterocycles. The Kier molecular flexibility index (Phi) is 5.79. The molecule has 1 aromatic heterocycles. The van der Waals surface area contributed by atoms with Crippen LogP contribution < -0.4 is 5.32 Å². The smallest absolute Gasteiger partial charge is 0.0410 e. The Bertz CT molecular complexity index is 389. The molecule has 0 saturated carbocycles. The van der Waals surface area contributed by atoms with Crippen LogP contribution in [0.4, 0.5) is 0 Å². The summed E-state index contributed by atoms with van der Waals surface area (Å²) in [6.07, 6.45) is 6.44. The monoisotopic (exact) mass is 325 g/mol. The van der Waals surface area contributed by atoms with Crippen LogP contribution in [0, 0.1) is 5.92 Å². The molecule has 4 heteroatoms. The number of nitrogens with one attached hydrogen (secondary N) is 1. The maximum Gasteiger partial charge on any atom is 0.0410 e. The van der Waals surface area contributed by atoms with Gasteiger partial charge in [-0.15, -0.1) is 0 Å². The average molecular weight is 326 g/mol. The molecule has 1 aliphatic rings. The van der Waals surface area contributed by atoms with E-state index >= 15 is 0 Å². The molecule has 2 heterocycles. The molecule has 19 heavy (non-hydrogen) atoms. The van der Waals surface area contributed by atoms with E-state index in [0.29, 0.717) is 12.0 Å². The van der Waals surface area contributed by atoms with Gasteiger partial charge in [-0.05, 0) is 52.9 Å². The summed E-state index contributed by atoms with van der Waals surface area (Å²) >= 11 is 3.50. The van der Waals surface area contributed by atoms with Crippen LogP contribution in [0.3, 0.4) is 0 Å². The van der Waals surface area contributed by atoms with Crippen LogP contribution in [-0.4, -0.2) is 35.6 Å². The molecule has 0 aromatic carbocycles. The summed E-state index contributed by atoms with van der Waals surface area (Å²) in [5, 5.41) is 3.59. The minimum Gasteiger partial charge on any atom is -0.313 e. The highest BCUT2D eigenvalue weighted by molar-refractivity contribution is 9.10. The fourth-order valence-corrected chi connectivity index (χ4v) is 3.16. The van der Waals surface area contributed by atoms with Crippen molar-refractivity contribution in [2.45, 2.75) is 39.3 Å². The Balaban J connectivity index is 1.96. The minimum atomic E-state index is 0.666. The Hall–Kier alpha value is -0.450. The predicted molar refractivity (Wildman–Crippen MR) is 83.1 cm³/mol. The van der Waals surface area contributed by atoms with Gasteiger partial charge in [-0.3, -0.25) is 9.88 Å². The Morgan fingerprint density at radius 2 is 2.32 bits per heavy atom. The first kappa shape index (κ1) is 14.9. The van der Waals surface area contributed by atoms with Gasteiger partial charge in [0.15, 0.2) is 0 Å². The third kappa shape index (κ3) is 5.21. The molecule has 1 unspecified atom stereocenters. The van der Waals surface area contributed by atoms with E-state index in [-0.39, 0.29) is 0 Å². The van der Waals surface area contributed by atoms with E-state index in [1.807, 2.05) is 12.4 Å². The molecule has 1 aliphatic heterocycles. The van der Waals surface area contributed by atoms with Crippen molar-refractivity contribution in [2.75, 3.05) is 19.6 Å². The molecule has 0 spiro atoms. The Morgan fingerprint density at radius 1 is 1.47 bits per heavy atom. The number of aromatic nitrogens is 1. The molecule has 1 atom stereocenters. The number of hydrogen-bond donors (Lipinski definition) is 1. The molecule has 0 radical (unpaired) electrons. The average Bonchev–Trinajstić information content (AvgIpc) is 2.80. The van der Waals surface area contributed by atoms with Gasteiger partial charge in [0.25, 0.3) is 0 Å². The summed E-state index contributed by atoms with van der Waals surface area (Å²) < 4.78 is 1.06. The first-order valence-electron chi connectivity index (χ1n) is 7.18. The second kappa shape index (κ2) is 7.36.